The Bertz CT molecular complexity index is 1000. The second kappa shape index (κ2) is 7.42. The number of hydrogen-bond donors (Lipinski definition) is 3. The predicted molar refractivity (Wildman–Crippen MR) is 97.6 cm³/mol. The number of nitrogens with zero attached hydrogens (tertiary/aromatic N) is 1. The molecule has 0 spiro atoms. The van der Waals surface area contributed by atoms with Crippen LogP contribution in [0.1, 0.15) is 26.3 Å². The summed E-state index contributed by atoms with van der Waals surface area (Å²) in [4.78, 5) is 38.6. The molecule has 0 atom stereocenters. The van der Waals surface area contributed by atoms with Crippen LogP contribution in [0, 0.1) is 5.82 Å². The standard InChI is InChI=1S/C18H11FN2O5S/c19-13-4-2-1-3-9(13)8-14-15(22)21-18(27-14)20-12-6-10(16(23)24)5-11(7-12)17(25)26/h1-8H,(H,23,24)(H,25,26)(H,20,21,22)/b14-8-. The van der Waals surface area contributed by atoms with Gasteiger partial charge in [-0.3, -0.25) is 4.79 Å². The number of rotatable bonds is 4. The molecule has 2 aromatic rings. The molecule has 0 unspecified atom stereocenters. The minimum absolute atomic E-state index is 0.0576. The number of thioether (sulfide) groups is 1. The Balaban J connectivity index is 1.93. The fourth-order valence-corrected chi connectivity index (χ4v) is 3.09. The second-order valence-electron chi connectivity index (χ2n) is 5.38. The lowest BCUT2D eigenvalue weighted by Crippen LogP contribution is -2.19. The number of amidine groups is 1. The van der Waals surface area contributed by atoms with Gasteiger partial charge in [-0.1, -0.05) is 18.2 Å². The number of amides is 1. The molecular formula is C18H11FN2O5S. The molecule has 9 heteroatoms. The topological polar surface area (TPSA) is 116 Å². The van der Waals surface area contributed by atoms with Crippen LogP contribution in [0.5, 0.6) is 0 Å². The molecule has 3 rings (SSSR count). The van der Waals surface area contributed by atoms with Crippen molar-refractivity contribution in [3.63, 3.8) is 0 Å². The van der Waals surface area contributed by atoms with Crippen molar-refractivity contribution in [2.75, 3.05) is 0 Å². The van der Waals surface area contributed by atoms with Crippen LogP contribution in [0.3, 0.4) is 0 Å². The molecule has 1 saturated heterocycles. The van der Waals surface area contributed by atoms with Gasteiger partial charge in [0.1, 0.15) is 5.82 Å². The summed E-state index contributed by atoms with van der Waals surface area (Å²) in [6.07, 6.45) is 1.37. The second-order valence-corrected chi connectivity index (χ2v) is 6.41. The van der Waals surface area contributed by atoms with Crippen LogP contribution >= 0.6 is 11.8 Å². The SMILES string of the molecule is O=C1NC(=Nc2cc(C(=O)O)cc(C(=O)O)c2)S/C1=C\c1ccccc1F. The van der Waals surface area contributed by atoms with E-state index in [-0.39, 0.29) is 32.5 Å². The Labute approximate surface area is 156 Å². The van der Waals surface area contributed by atoms with Gasteiger partial charge in [-0.25, -0.2) is 19.0 Å². The van der Waals surface area contributed by atoms with Crippen LogP contribution in [0.2, 0.25) is 0 Å². The summed E-state index contributed by atoms with van der Waals surface area (Å²) in [5, 5.41) is 20.8. The van der Waals surface area contributed by atoms with Crippen molar-refractivity contribution in [3.05, 3.63) is 69.9 Å². The van der Waals surface area contributed by atoms with E-state index in [2.05, 4.69) is 10.3 Å². The van der Waals surface area contributed by atoms with Gasteiger partial charge in [-0.2, -0.15) is 0 Å². The number of halogens is 1. The highest BCUT2D eigenvalue weighted by atomic mass is 32.2. The van der Waals surface area contributed by atoms with Crippen molar-refractivity contribution < 1.29 is 29.0 Å². The van der Waals surface area contributed by atoms with E-state index in [0.717, 1.165) is 17.8 Å². The zero-order valence-electron chi connectivity index (χ0n) is 13.5. The average Bonchev–Trinajstić information content (AvgIpc) is 2.95. The van der Waals surface area contributed by atoms with E-state index >= 15 is 0 Å². The summed E-state index contributed by atoms with van der Waals surface area (Å²) in [5.41, 5.74) is -0.198. The Morgan fingerprint density at radius 3 is 2.30 bits per heavy atom. The first-order valence-corrected chi connectivity index (χ1v) is 8.31. The van der Waals surface area contributed by atoms with Gasteiger partial charge in [0.2, 0.25) is 0 Å². The Morgan fingerprint density at radius 1 is 1.07 bits per heavy atom. The maximum Gasteiger partial charge on any atom is 0.335 e. The number of nitrogens with one attached hydrogen (secondary N) is 1. The van der Waals surface area contributed by atoms with Gasteiger partial charge < -0.3 is 15.5 Å². The molecule has 0 aromatic heterocycles. The molecule has 136 valence electrons. The highest BCUT2D eigenvalue weighted by molar-refractivity contribution is 8.18. The van der Waals surface area contributed by atoms with E-state index in [1.165, 1.54) is 36.4 Å². The van der Waals surface area contributed by atoms with Crippen LogP contribution in [0.25, 0.3) is 6.08 Å². The van der Waals surface area contributed by atoms with Crippen molar-refractivity contribution in [3.8, 4) is 0 Å². The minimum atomic E-state index is -1.30. The summed E-state index contributed by atoms with van der Waals surface area (Å²) in [6.45, 7) is 0. The van der Waals surface area contributed by atoms with E-state index in [9.17, 15) is 18.8 Å². The van der Waals surface area contributed by atoms with Gasteiger partial charge in [0, 0.05) is 5.56 Å². The van der Waals surface area contributed by atoms with Crippen LogP contribution in [0.15, 0.2) is 52.4 Å². The third-order valence-electron chi connectivity index (χ3n) is 3.49. The number of benzene rings is 2. The van der Waals surface area contributed by atoms with E-state index in [4.69, 9.17) is 10.2 Å². The Kier molecular flexibility index (Phi) is 5.04. The fourth-order valence-electron chi connectivity index (χ4n) is 2.25. The van der Waals surface area contributed by atoms with Gasteiger partial charge in [0.15, 0.2) is 5.17 Å². The third-order valence-corrected chi connectivity index (χ3v) is 4.39. The summed E-state index contributed by atoms with van der Waals surface area (Å²) < 4.78 is 13.7. The molecule has 0 saturated carbocycles. The molecule has 1 fully saturated rings. The van der Waals surface area contributed by atoms with E-state index in [1.807, 2.05) is 0 Å². The summed E-state index contributed by atoms with van der Waals surface area (Å²) in [7, 11) is 0. The molecule has 0 aliphatic carbocycles. The molecule has 2 aromatic carbocycles. The molecule has 0 bridgehead atoms. The number of aromatic carboxylic acids is 2. The van der Waals surface area contributed by atoms with Crippen molar-refractivity contribution in [2.24, 2.45) is 4.99 Å². The lowest BCUT2D eigenvalue weighted by atomic mass is 10.1. The smallest absolute Gasteiger partial charge is 0.335 e. The zero-order valence-corrected chi connectivity index (χ0v) is 14.3. The van der Waals surface area contributed by atoms with Crippen molar-refractivity contribution in [1.82, 2.24) is 5.32 Å². The number of hydrogen-bond acceptors (Lipinski definition) is 5. The van der Waals surface area contributed by atoms with Gasteiger partial charge >= 0.3 is 11.9 Å². The fraction of sp³-hybridized carbons (Fsp3) is 0. The van der Waals surface area contributed by atoms with Gasteiger partial charge in [-0.15, -0.1) is 0 Å². The highest BCUT2D eigenvalue weighted by Gasteiger charge is 2.24. The van der Waals surface area contributed by atoms with Crippen molar-refractivity contribution >= 4 is 46.5 Å². The van der Waals surface area contributed by atoms with Gasteiger partial charge in [0.05, 0.1) is 21.7 Å². The molecule has 3 N–H and O–H groups in total. The van der Waals surface area contributed by atoms with Gasteiger partial charge in [-0.05, 0) is 42.1 Å². The van der Waals surface area contributed by atoms with Crippen LogP contribution in [-0.2, 0) is 4.79 Å². The molecule has 1 amide bonds. The number of carboxylic acids is 2. The summed E-state index contributed by atoms with van der Waals surface area (Å²) in [5.74, 6) is -3.58. The first-order chi connectivity index (χ1) is 12.8. The van der Waals surface area contributed by atoms with Crippen molar-refractivity contribution in [2.45, 2.75) is 0 Å². The minimum Gasteiger partial charge on any atom is -0.478 e. The van der Waals surface area contributed by atoms with E-state index in [0.29, 0.717) is 0 Å². The lowest BCUT2D eigenvalue weighted by Gasteiger charge is -2.02. The number of aliphatic imine (C=N–C) groups is 1. The molecule has 0 radical (unpaired) electrons. The molecular weight excluding hydrogens is 375 g/mol. The lowest BCUT2D eigenvalue weighted by molar-refractivity contribution is -0.115. The molecule has 7 nitrogen and oxygen atoms in total. The summed E-state index contributed by atoms with van der Waals surface area (Å²) in [6, 6.07) is 9.33. The largest absolute Gasteiger partial charge is 0.478 e. The number of carbonyl (C=O) groups is 3. The Hall–Kier alpha value is -3.46. The van der Waals surface area contributed by atoms with Crippen LogP contribution in [-0.4, -0.2) is 33.2 Å². The number of carboxylic acid groups (broad SMARTS) is 2. The Morgan fingerprint density at radius 2 is 1.70 bits per heavy atom. The molecule has 27 heavy (non-hydrogen) atoms. The van der Waals surface area contributed by atoms with E-state index in [1.54, 1.807) is 6.07 Å². The van der Waals surface area contributed by atoms with Crippen molar-refractivity contribution in [1.29, 1.82) is 0 Å². The van der Waals surface area contributed by atoms with E-state index < -0.39 is 23.7 Å². The molecule has 1 heterocycles. The maximum atomic E-state index is 13.7. The first-order valence-electron chi connectivity index (χ1n) is 7.49. The zero-order chi connectivity index (χ0) is 19.6. The molecule has 1 aliphatic rings. The monoisotopic (exact) mass is 386 g/mol. The van der Waals surface area contributed by atoms with Crippen LogP contribution < -0.4 is 5.32 Å². The summed E-state index contributed by atoms with van der Waals surface area (Å²) >= 11 is 0.935. The predicted octanol–water partition coefficient (Wildman–Crippen LogP) is 3.11. The third kappa shape index (κ3) is 4.21. The normalized spacial score (nSPS) is 16.6. The maximum absolute atomic E-state index is 13.7. The highest BCUT2D eigenvalue weighted by Crippen LogP contribution is 2.29. The molecule has 1 aliphatic heterocycles. The average molecular weight is 386 g/mol. The number of carbonyl (C=O) groups excluding carboxylic acids is 1. The first kappa shape index (κ1) is 18.3. The van der Waals surface area contributed by atoms with Crippen LogP contribution in [0.4, 0.5) is 10.1 Å². The van der Waals surface area contributed by atoms with Gasteiger partial charge in [0.25, 0.3) is 5.91 Å². The quantitative estimate of drug-likeness (QED) is 0.696.